The fourth-order valence-corrected chi connectivity index (χ4v) is 4.82. The number of amides is 1. The molecule has 0 radical (unpaired) electrons. The number of aromatic nitrogens is 4. The van der Waals surface area contributed by atoms with Crippen LogP contribution in [0.15, 0.2) is 79.1 Å². The largest absolute Gasteiger partial charge is 0.488 e. The molecular weight excluding hydrogens is 450 g/mol. The Hall–Kier alpha value is -4.52. The van der Waals surface area contributed by atoms with Gasteiger partial charge in [0.2, 0.25) is 0 Å². The molecule has 1 atom stereocenters. The third-order valence-corrected chi connectivity index (χ3v) is 6.49. The van der Waals surface area contributed by atoms with Gasteiger partial charge in [0.1, 0.15) is 11.9 Å². The summed E-state index contributed by atoms with van der Waals surface area (Å²) in [6.07, 6.45) is 4.11. The number of nitrogens with zero attached hydrogens (tertiary/aromatic N) is 4. The molecular formula is C29H25N5O2. The fraction of sp³-hybridized carbons (Fsp3) is 0.172. The van der Waals surface area contributed by atoms with Gasteiger partial charge in [-0.1, -0.05) is 24.3 Å². The summed E-state index contributed by atoms with van der Waals surface area (Å²) in [7, 11) is 0. The van der Waals surface area contributed by atoms with Gasteiger partial charge in [-0.25, -0.2) is 14.6 Å². The molecule has 1 amide bonds. The van der Waals surface area contributed by atoms with E-state index in [1.165, 1.54) is 5.56 Å². The van der Waals surface area contributed by atoms with Crippen LogP contribution in [0.5, 0.6) is 5.75 Å². The molecule has 6 rings (SSSR count). The van der Waals surface area contributed by atoms with E-state index in [4.69, 9.17) is 4.74 Å². The van der Waals surface area contributed by atoms with E-state index in [-0.39, 0.29) is 12.0 Å². The van der Waals surface area contributed by atoms with Gasteiger partial charge < -0.3 is 10.1 Å². The first-order valence-electron chi connectivity index (χ1n) is 12.0. The second-order valence-corrected chi connectivity index (χ2v) is 9.09. The van der Waals surface area contributed by atoms with Crippen LogP contribution in [0.1, 0.15) is 27.3 Å². The van der Waals surface area contributed by atoms with Crippen LogP contribution in [0.3, 0.4) is 0 Å². The Bertz CT molecular complexity index is 1590. The van der Waals surface area contributed by atoms with Gasteiger partial charge >= 0.3 is 0 Å². The van der Waals surface area contributed by atoms with Crippen LogP contribution in [-0.2, 0) is 6.42 Å². The van der Waals surface area contributed by atoms with Gasteiger partial charge in [-0.05, 0) is 67.1 Å². The summed E-state index contributed by atoms with van der Waals surface area (Å²) in [6, 6.07) is 21.7. The maximum atomic E-state index is 12.9. The molecule has 2 aromatic heterocycles. The molecule has 7 heteroatoms. The zero-order chi connectivity index (χ0) is 24.6. The number of hydrogen-bond acceptors (Lipinski definition) is 5. The number of rotatable bonds is 5. The topological polar surface area (TPSA) is 81.9 Å². The third kappa shape index (κ3) is 4.09. The zero-order valence-corrected chi connectivity index (χ0v) is 20.1. The highest BCUT2D eigenvalue weighted by Crippen LogP contribution is 2.36. The molecule has 0 bridgehead atoms. The number of hydrogen-bond donors (Lipinski definition) is 1. The Labute approximate surface area is 208 Å². The number of carbonyl (C=O) groups excluding carboxylic acids is 1. The van der Waals surface area contributed by atoms with Gasteiger partial charge in [-0.15, -0.1) is 0 Å². The normalized spacial score (nSPS) is 14.4. The smallest absolute Gasteiger partial charge is 0.251 e. The standard InChI is InChI=1S/C29H25N5O2/c1-18-13-19(2)34(33-18)23-6-3-5-22(15-23)29(35)32-17-24-16-26-25-9-7-21(28-30-11-4-12-31-28)14-20(25)8-10-27(26)36-24/h3-15,24H,16-17H2,1-2H3,(H,32,35)/t24-/m1/s1. The number of ether oxygens (including phenoxy) is 1. The van der Waals surface area contributed by atoms with Gasteiger partial charge in [0.15, 0.2) is 5.82 Å². The number of nitrogens with one attached hydrogen (secondary N) is 1. The van der Waals surface area contributed by atoms with Crippen molar-refractivity contribution >= 4 is 16.7 Å². The van der Waals surface area contributed by atoms with Gasteiger partial charge in [-0.3, -0.25) is 4.79 Å². The Morgan fingerprint density at radius 3 is 2.69 bits per heavy atom. The number of benzene rings is 3. The van der Waals surface area contributed by atoms with E-state index in [1.54, 1.807) is 12.4 Å². The Morgan fingerprint density at radius 2 is 1.89 bits per heavy atom. The molecule has 1 N–H and O–H groups in total. The monoisotopic (exact) mass is 475 g/mol. The summed E-state index contributed by atoms with van der Waals surface area (Å²) in [4.78, 5) is 21.6. The highest BCUT2D eigenvalue weighted by molar-refractivity contribution is 5.95. The second kappa shape index (κ2) is 8.92. The molecule has 0 fully saturated rings. The van der Waals surface area contributed by atoms with Gasteiger partial charge in [-0.2, -0.15) is 5.10 Å². The second-order valence-electron chi connectivity index (χ2n) is 9.09. The molecule has 36 heavy (non-hydrogen) atoms. The first kappa shape index (κ1) is 22.0. The maximum Gasteiger partial charge on any atom is 0.251 e. The lowest BCUT2D eigenvalue weighted by Gasteiger charge is -2.12. The SMILES string of the molecule is Cc1cc(C)n(-c2cccc(C(=O)NC[C@H]3Cc4c(ccc5cc(-c6ncccn6)ccc45)O3)c2)n1. The van der Waals surface area contributed by atoms with Crippen LogP contribution in [0.4, 0.5) is 0 Å². The Balaban J connectivity index is 1.15. The first-order valence-corrected chi connectivity index (χ1v) is 12.0. The highest BCUT2D eigenvalue weighted by atomic mass is 16.5. The number of aryl methyl sites for hydroxylation is 2. The van der Waals surface area contributed by atoms with E-state index in [2.05, 4.69) is 38.6 Å². The van der Waals surface area contributed by atoms with E-state index in [0.29, 0.717) is 17.9 Å². The van der Waals surface area contributed by atoms with Crippen molar-refractivity contribution < 1.29 is 9.53 Å². The molecule has 7 nitrogen and oxygen atoms in total. The molecule has 5 aromatic rings. The average Bonchev–Trinajstić information content (AvgIpc) is 3.49. The van der Waals surface area contributed by atoms with Crippen LogP contribution in [-0.4, -0.2) is 38.3 Å². The third-order valence-electron chi connectivity index (χ3n) is 6.49. The maximum absolute atomic E-state index is 12.9. The minimum absolute atomic E-state index is 0.120. The summed E-state index contributed by atoms with van der Waals surface area (Å²) in [5.74, 6) is 1.45. The first-order chi connectivity index (χ1) is 17.5. The molecule has 0 spiro atoms. The molecule has 3 aromatic carbocycles. The lowest BCUT2D eigenvalue weighted by atomic mass is 9.99. The highest BCUT2D eigenvalue weighted by Gasteiger charge is 2.25. The van der Waals surface area contributed by atoms with Crippen molar-refractivity contribution in [2.75, 3.05) is 6.54 Å². The minimum atomic E-state index is -0.129. The van der Waals surface area contributed by atoms with Crippen molar-refractivity contribution in [2.24, 2.45) is 0 Å². The summed E-state index contributed by atoms with van der Waals surface area (Å²) in [5.41, 5.74) is 5.57. The van der Waals surface area contributed by atoms with Gasteiger partial charge in [0, 0.05) is 41.2 Å². The predicted molar refractivity (Wildman–Crippen MR) is 138 cm³/mol. The lowest BCUT2D eigenvalue weighted by Crippen LogP contribution is -2.34. The van der Waals surface area contributed by atoms with E-state index in [0.717, 1.165) is 45.6 Å². The van der Waals surface area contributed by atoms with Crippen LogP contribution in [0, 0.1) is 13.8 Å². The Kier molecular flexibility index (Phi) is 5.45. The molecule has 178 valence electrons. The van der Waals surface area contributed by atoms with Crippen molar-refractivity contribution in [3.63, 3.8) is 0 Å². The van der Waals surface area contributed by atoms with Crippen LogP contribution in [0.25, 0.3) is 27.8 Å². The number of carbonyl (C=O) groups is 1. The van der Waals surface area contributed by atoms with Gasteiger partial charge in [0.05, 0.1) is 17.9 Å². The predicted octanol–water partition coefficient (Wildman–Crippen LogP) is 4.83. The minimum Gasteiger partial charge on any atom is -0.488 e. The van der Waals surface area contributed by atoms with E-state index < -0.39 is 0 Å². The molecule has 3 heterocycles. The van der Waals surface area contributed by atoms with E-state index >= 15 is 0 Å². The van der Waals surface area contributed by atoms with Crippen molar-refractivity contribution in [1.29, 1.82) is 0 Å². The molecule has 0 saturated heterocycles. The van der Waals surface area contributed by atoms with Gasteiger partial charge in [0.25, 0.3) is 5.91 Å². The summed E-state index contributed by atoms with van der Waals surface area (Å²) in [5, 5.41) is 9.83. The molecule has 0 aliphatic carbocycles. The summed E-state index contributed by atoms with van der Waals surface area (Å²) in [6.45, 7) is 4.39. The Morgan fingerprint density at radius 1 is 1.03 bits per heavy atom. The van der Waals surface area contributed by atoms with Crippen LogP contribution < -0.4 is 10.1 Å². The van der Waals surface area contributed by atoms with Crippen molar-refractivity contribution in [3.05, 3.63) is 102 Å². The van der Waals surface area contributed by atoms with Crippen LogP contribution in [0.2, 0.25) is 0 Å². The summed E-state index contributed by atoms with van der Waals surface area (Å²) < 4.78 is 8.02. The molecule has 1 aliphatic rings. The van der Waals surface area contributed by atoms with E-state index in [9.17, 15) is 4.79 Å². The van der Waals surface area contributed by atoms with Crippen molar-refractivity contribution in [1.82, 2.24) is 25.1 Å². The van der Waals surface area contributed by atoms with Crippen LogP contribution >= 0.6 is 0 Å². The van der Waals surface area contributed by atoms with E-state index in [1.807, 2.05) is 67.1 Å². The zero-order valence-electron chi connectivity index (χ0n) is 20.1. The lowest BCUT2D eigenvalue weighted by molar-refractivity contribution is 0.0933. The molecule has 0 unspecified atom stereocenters. The molecule has 0 saturated carbocycles. The number of fused-ring (bicyclic) bond motifs is 3. The van der Waals surface area contributed by atoms with Crippen molar-refractivity contribution in [3.8, 4) is 22.8 Å². The fourth-order valence-electron chi connectivity index (χ4n) is 4.82. The quantitative estimate of drug-likeness (QED) is 0.394. The summed E-state index contributed by atoms with van der Waals surface area (Å²) >= 11 is 0. The average molecular weight is 476 g/mol. The van der Waals surface area contributed by atoms with Crippen molar-refractivity contribution in [2.45, 2.75) is 26.4 Å². The molecule has 1 aliphatic heterocycles.